The van der Waals surface area contributed by atoms with Crippen molar-refractivity contribution in [3.05, 3.63) is 82.0 Å². The van der Waals surface area contributed by atoms with Crippen molar-refractivity contribution in [3.8, 4) is 11.5 Å². The number of alkyl halides is 3. The lowest BCUT2D eigenvalue weighted by Gasteiger charge is -2.21. The number of anilines is 1. The van der Waals surface area contributed by atoms with E-state index in [4.69, 9.17) is 4.74 Å². The number of hydrogen-bond acceptors (Lipinski definition) is 4. The van der Waals surface area contributed by atoms with Crippen molar-refractivity contribution in [3.63, 3.8) is 0 Å². The Kier molecular flexibility index (Phi) is 5.88. The zero-order valence-electron chi connectivity index (χ0n) is 17.0. The molecule has 31 heavy (non-hydrogen) atoms. The van der Waals surface area contributed by atoms with Crippen molar-refractivity contribution in [1.82, 2.24) is 9.97 Å². The molecule has 2 aromatic heterocycles. The first-order valence-corrected chi connectivity index (χ1v) is 9.29. The lowest BCUT2D eigenvalue weighted by molar-refractivity contribution is -0.141. The summed E-state index contributed by atoms with van der Waals surface area (Å²) >= 11 is 0. The number of ether oxygens (including phenoxy) is 1. The van der Waals surface area contributed by atoms with Gasteiger partial charge in [-0.15, -0.1) is 0 Å². The normalized spacial score (nSPS) is 11.8. The molecule has 0 fully saturated rings. The lowest BCUT2D eigenvalue weighted by Crippen LogP contribution is -2.17. The van der Waals surface area contributed by atoms with Gasteiger partial charge in [-0.2, -0.15) is 13.2 Å². The Bertz CT molecular complexity index is 1150. The quantitative estimate of drug-likeness (QED) is 0.600. The monoisotopic (exact) mass is 431 g/mol. The van der Waals surface area contributed by atoms with Crippen molar-refractivity contribution in [2.75, 3.05) is 5.32 Å². The Labute approximate surface area is 176 Å². The fraction of sp³-hybridized carbons (Fsp3) is 0.227. The molecule has 0 spiro atoms. The average Bonchev–Trinajstić information content (AvgIpc) is 2.67. The van der Waals surface area contributed by atoms with Crippen molar-refractivity contribution < 1.29 is 22.7 Å². The Morgan fingerprint density at radius 2 is 1.81 bits per heavy atom. The second-order valence-corrected chi connectivity index (χ2v) is 7.84. The predicted octanol–water partition coefficient (Wildman–Crippen LogP) is 5.13. The molecule has 1 aromatic carbocycles. The molecule has 9 heteroatoms. The van der Waals surface area contributed by atoms with Gasteiger partial charge in [0.1, 0.15) is 17.2 Å². The first-order chi connectivity index (χ1) is 14.4. The van der Waals surface area contributed by atoms with Crippen LogP contribution in [0.25, 0.3) is 0 Å². The zero-order valence-corrected chi connectivity index (χ0v) is 17.0. The molecule has 6 nitrogen and oxygen atoms in total. The minimum atomic E-state index is -4.57. The van der Waals surface area contributed by atoms with Crippen molar-refractivity contribution in [2.24, 2.45) is 0 Å². The number of amides is 1. The summed E-state index contributed by atoms with van der Waals surface area (Å²) in [4.78, 5) is 30.1. The summed E-state index contributed by atoms with van der Waals surface area (Å²) in [5.74, 6) is -0.346. The van der Waals surface area contributed by atoms with Crippen LogP contribution in [0.3, 0.4) is 0 Å². The van der Waals surface area contributed by atoms with Gasteiger partial charge in [0.05, 0.1) is 11.8 Å². The van der Waals surface area contributed by atoms with E-state index in [1.54, 1.807) is 18.2 Å². The summed E-state index contributed by atoms with van der Waals surface area (Å²) < 4.78 is 44.0. The molecule has 0 radical (unpaired) electrons. The van der Waals surface area contributed by atoms with E-state index in [0.717, 1.165) is 23.9 Å². The van der Waals surface area contributed by atoms with Crippen LogP contribution in [0.5, 0.6) is 11.5 Å². The third kappa shape index (κ3) is 5.50. The van der Waals surface area contributed by atoms with E-state index >= 15 is 0 Å². The number of nitrogens with one attached hydrogen (secondary N) is 2. The molecular weight excluding hydrogens is 411 g/mol. The van der Waals surface area contributed by atoms with Gasteiger partial charge in [-0.1, -0.05) is 26.8 Å². The molecule has 1 amide bonds. The maximum absolute atomic E-state index is 12.8. The maximum atomic E-state index is 12.8. The molecule has 2 heterocycles. The molecule has 0 unspecified atom stereocenters. The number of carbonyl (C=O) groups is 1. The van der Waals surface area contributed by atoms with Crippen LogP contribution in [0.2, 0.25) is 0 Å². The molecule has 2 N–H and O–H groups in total. The Morgan fingerprint density at radius 1 is 1.06 bits per heavy atom. The lowest BCUT2D eigenvalue weighted by atomic mass is 9.86. The molecule has 0 saturated heterocycles. The van der Waals surface area contributed by atoms with E-state index in [1.165, 1.54) is 18.3 Å². The summed E-state index contributed by atoms with van der Waals surface area (Å²) in [6.07, 6.45) is -2.22. The fourth-order valence-corrected chi connectivity index (χ4v) is 2.72. The van der Waals surface area contributed by atoms with Crippen LogP contribution in [0.15, 0.2) is 59.7 Å². The van der Waals surface area contributed by atoms with Gasteiger partial charge in [0.2, 0.25) is 5.56 Å². The molecule has 0 aliphatic rings. The minimum absolute atomic E-state index is 0.0456. The number of nitrogens with zero attached hydrogens (tertiary/aromatic N) is 1. The molecule has 0 atom stereocenters. The predicted molar refractivity (Wildman–Crippen MR) is 109 cm³/mol. The Morgan fingerprint density at radius 3 is 2.39 bits per heavy atom. The van der Waals surface area contributed by atoms with Gasteiger partial charge in [0.15, 0.2) is 0 Å². The summed E-state index contributed by atoms with van der Waals surface area (Å²) in [6.45, 7) is 5.92. The Hall–Kier alpha value is -3.62. The van der Waals surface area contributed by atoms with Crippen LogP contribution in [-0.2, 0) is 11.6 Å². The van der Waals surface area contributed by atoms with E-state index in [1.807, 2.05) is 20.8 Å². The highest BCUT2D eigenvalue weighted by Gasteiger charge is 2.32. The SMILES string of the molecule is CC(C)(C)c1ccc(C(=O)Nc2cc[nH]c(=O)c2)c(Oc2ccc(C(F)(F)F)nc2)c1. The van der Waals surface area contributed by atoms with E-state index in [9.17, 15) is 22.8 Å². The van der Waals surface area contributed by atoms with Gasteiger partial charge in [0.25, 0.3) is 5.91 Å². The van der Waals surface area contributed by atoms with Crippen LogP contribution < -0.4 is 15.6 Å². The number of aromatic nitrogens is 2. The highest BCUT2D eigenvalue weighted by Crippen LogP contribution is 2.33. The maximum Gasteiger partial charge on any atom is 0.433 e. The van der Waals surface area contributed by atoms with Gasteiger partial charge >= 0.3 is 6.18 Å². The largest absolute Gasteiger partial charge is 0.455 e. The summed E-state index contributed by atoms with van der Waals surface area (Å²) in [5.41, 5.74) is -0.402. The van der Waals surface area contributed by atoms with Crippen LogP contribution in [-0.4, -0.2) is 15.9 Å². The first-order valence-electron chi connectivity index (χ1n) is 9.29. The summed E-state index contributed by atoms with van der Waals surface area (Å²) in [7, 11) is 0. The van der Waals surface area contributed by atoms with Crippen LogP contribution >= 0.6 is 0 Å². The van der Waals surface area contributed by atoms with Crippen molar-refractivity contribution in [1.29, 1.82) is 0 Å². The molecule has 3 rings (SSSR count). The van der Waals surface area contributed by atoms with E-state index in [-0.39, 0.29) is 33.7 Å². The number of aromatic amines is 1. The van der Waals surface area contributed by atoms with Gasteiger partial charge in [0, 0.05) is 18.0 Å². The van der Waals surface area contributed by atoms with Gasteiger partial charge in [-0.25, -0.2) is 4.98 Å². The van der Waals surface area contributed by atoms with Gasteiger partial charge < -0.3 is 15.0 Å². The number of benzene rings is 1. The molecule has 0 saturated carbocycles. The number of H-pyrrole nitrogens is 1. The number of halogens is 3. The molecule has 3 aromatic rings. The molecule has 0 aliphatic carbocycles. The second kappa shape index (κ2) is 8.25. The summed E-state index contributed by atoms with van der Waals surface area (Å²) in [5, 5.41) is 2.61. The topological polar surface area (TPSA) is 84.1 Å². The van der Waals surface area contributed by atoms with E-state index in [0.29, 0.717) is 0 Å². The minimum Gasteiger partial charge on any atom is -0.455 e. The standard InChI is InChI=1S/C22H20F3N3O3/c1-21(2,3)13-4-6-16(20(30)28-14-8-9-26-19(29)11-14)17(10-13)31-15-5-7-18(27-12-15)22(23,24)25/h4-12H,1-3H3,(H2,26,28,29,30). The smallest absolute Gasteiger partial charge is 0.433 e. The van der Waals surface area contributed by atoms with Crippen molar-refractivity contribution >= 4 is 11.6 Å². The molecule has 0 bridgehead atoms. The highest BCUT2D eigenvalue weighted by molar-refractivity contribution is 6.06. The third-order valence-corrected chi connectivity index (χ3v) is 4.38. The fourth-order valence-electron chi connectivity index (χ4n) is 2.72. The number of carbonyl (C=O) groups excluding carboxylic acids is 1. The molecule has 162 valence electrons. The van der Waals surface area contributed by atoms with Crippen LogP contribution in [0.4, 0.5) is 18.9 Å². The molecule has 0 aliphatic heterocycles. The number of rotatable bonds is 4. The first kappa shape index (κ1) is 22.1. The molecular formula is C22H20F3N3O3. The number of hydrogen-bond donors (Lipinski definition) is 2. The van der Waals surface area contributed by atoms with E-state index in [2.05, 4.69) is 15.3 Å². The third-order valence-electron chi connectivity index (χ3n) is 4.38. The van der Waals surface area contributed by atoms with E-state index < -0.39 is 17.8 Å². The second-order valence-electron chi connectivity index (χ2n) is 7.84. The number of pyridine rings is 2. The highest BCUT2D eigenvalue weighted by atomic mass is 19.4. The zero-order chi connectivity index (χ0) is 22.8. The average molecular weight is 431 g/mol. The van der Waals surface area contributed by atoms with Crippen LogP contribution in [0.1, 0.15) is 42.4 Å². The van der Waals surface area contributed by atoms with Crippen molar-refractivity contribution in [2.45, 2.75) is 32.4 Å². The Balaban J connectivity index is 1.96. The van der Waals surface area contributed by atoms with Gasteiger partial charge in [-0.3, -0.25) is 9.59 Å². The van der Waals surface area contributed by atoms with Gasteiger partial charge in [-0.05, 0) is 41.3 Å². The van der Waals surface area contributed by atoms with Crippen LogP contribution in [0, 0.1) is 0 Å². The summed E-state index contributed by atoms with van der Waals surface area (Å²) in [6, 6.07) is 9.67.